The van der Waals surface area contributed by atoms with Crippen LogP contribution in [0.25, 0.3) is 0 Å². The minimum absolute atomic E-state index is 0.0251. The van der Waals surface area contributed by atoms with E-state index in [0.29, 0.717) is 24.1 Å². The number of carbonyl (C=O) groups excluding carboxylic acids is 1. The Labute approximate surface area is 334 Å². The van der Waals surface area contributed by atoms with Crippen LogP contribution in [0.15, 0.2) is 24.3 Å². The molecule has 320 valence electrons. The lowest BCUT2D eigenvalue weighted by Crippen LogP contribution is -2.37. The van der Waals surface area contributed by atoms with Crippen LogP contribution in [0.2, 0.25) is 0 Å². The predicted molar refractivity (Wildman–Crippen MR) is 227 cm³/mol. The van der Waals surface area contributed by atoms with Gasteiger partial charge in [0.2, 0.25) is 0 Å². The molecule has 0 aromatic rings. The van der Waals surface area contributed by atoms with E-state index in [2.05, 4.69) is 38.2 Å². The first-order valence-electron chi connectivity index (χ1n) is 22.6. The maximum absolute atomic E-state index is 12.7. The molecule has 0 N–H and O–H groups in total. The number of carbonyl (C=O) groups is 1. The highest BCUT2D eigenvalue weighted by Gasteiger charge is 2.20. The fraction of sp³-hybridized carbons (Fsp3) is 0.889. The van der Waals surface area contributed by atoms with Crippen LogP contribution in [0.5, 0.6) is 0 Å². The van der Waals surface area contributed by atoms with Crippen molar-refractivity contribution >= 4 is 13.8 Å². The molecule has 0 fully saturated rings. The molecule has 0 heterocycles. The number of hydrogen-bond acceptors (Lipinski definition) is 7. The largest absolute Gasteiger partial charge is 0.756 e. The third-order valence-electron chi connectivity index (χ3n) is 9.73. The zero-order chi connectivity index (χ0) is 39.9. The lowest BCUT2D eigenvalue weighted by molar-refractivity contribution is -0.870. The van der Waals surface area contributed by atoms with E-state index < -0.39 is 13.9 Å². The van der Waals surface area contributed by atoms with Crippen LogP contribution in [0.1, 0.15) is 200 Å². The van der Waals surface area contributed by atoms with Crippen LogP contribution in [0.3, 0.4) is 0 Å². The Morgan fingerprint density at radius 2 is 0.963 bits per heavy atom. The second-order valence-electron chi connectivity index (χ2n) is 16.4. The zero-order valence-electron chi connectivity index (χ0n) is 36.2. The van der Waals surface area contributed by atoms with E-state index >= 15 is 0 Å². The highest BCUT2D eigenvalue weighted by molar-refractivity contribution is 7.45. The quantitative estimate of drug-likeness (QED) is 0.0200. The number of ether oxygens (including phenoxy) is 2. The highest BCUT2D eigenvalue weighted by atomic mass is 31.2. The van der Waals surface area contributed by atoms with Gasteiger partial charge in [-0.2, -0.15) is 0 Å². The van der Waals surface area contributed by atoms with Gasteiger partial charge in [0, 0.05) is 13.0 Å². The molecule has 0 aromatic heterocycles. The number of nitrogens with zero attached hydrogens (tertiary/aromatic N) is 1. The summed E-state index contributed by atoms with van der Waals surface area (Å²) in [6.45, 7) is 5.40. The highest BCUT2D eigenvalue weighted by Crippen LogP contribution is 2.38. The summed E-state index contributed by atoms with van der Waals surface area (Å²) in [4.78, 5) is 25.0. The van der Waals surface area contributed by atoms with Crippen molar-refractivity contribution in [3.05, 3.63) is 24.3 Å². The first kappa shape index (κ1) is 53.0. The van der Waals surface area contributed by atoms with Gasteiger partial charge in [0.1, 0.15) is 19.3 Å². The molecule has 0 rings (SSSR count). The van der Waals surface area contributed by atoms with Crippen LogP contribution in [-0.2, 0) is 27.9 Å². The summed E-state index contributed by atoms with van der Waals surface area (Å²) >= 11 is 0. The lowest BCUT2D eigenvalue weighted by Gasteiger charge is -2.28. The molecule has 9 heteroatoms. The van der Waals surface area contributed by atoms with Crippen molar-refractivity contribution in [2.75, 3.05) is 54.1 Å². The van der Waals surface area contributed by atoms with E-state index in [1.807, 2.05) is 21.1 Å². The van der Waals surface area contributed by atoms with E-state index in [9.17, 15) is 14.3 Å². The molecule has 0 saturated heterocycles. The Hall–Kier alpha value is -1.02. The van der Waals surface area contributed by atoms with Crippen LogP contribution in [0.4, 0.5) is 0 Å². The van der Waals surface area contributed by atoms with Gasteiger partial charge in [-0.3, -0.25) is 9.36 Å². The summed E-state index contributed by atoms with van der Waals surface area (Å²) in [5, 5.41) is 0. The van der Waals surface area contributed by atoms with E-state index in [0.717, 1.165) is 44.9 Å². The maximum atomic E-state index is 12.7. The molecular formula is C45H88NO7P. The van der Waals surface area contributed by atoms with Crippen LogP contribution >= 0.6 is 7.82 Å². The molecular weight excluding hydrogens is 697 g/mol. The summed E-state index contributed by atoms with van der Waals surface area (Å²) in [5.74, 6) is -0.343. The van der Waals surface area contributed by atoms with Crippen LogP contribution in [0, 0.1) is 0 Å². The van der Waals surface area contributed by atoms with Crippen molar-refractivity contribution in [2.24, 2.45) is 0 Å². The van der Waals surface area contributed by atoms with E-state index in [1.54, 1.807) is 0 Å². The molecule has 0 saturated carbocycles. The van der Waals surface area contributed by atoms with Crippen molar-refractivity contribution in [1.29, 1.82) is 0 Å². The summed E-state index contributed by atoms with van der Waals surface area (Å²) in [5.41, 5.74) is 0. The van der Waals surface area contributed by atoms with Gasteiger partial charge < -0.3 is 27.9 Å². The second kappa shape index (κ2) is 38.8. The second-order valence-corrected chi connectivity index (χ2v) is 17.8. The van der Waals surface area contributed by atoms with Crippen molar-refractivity contribution in [2.45, 2.75) is 206 Å². The van der Waals surface area contributed by atoms with Gasteiger partial charge in [0.25, 0.3) is 7.82 Å². The Kier molecular flexibility index (Phi) is 38.1. The number of phosphoric ester groups is 1. The Morgan fingerprint density at radius 3 is 1.41 bits per heavy atom. The number of hydrogen-bond donors (Lipinski definition) is 0. The molecule has 0 aliphatic heterocycles. The molecule has 0 bridgehead atoms. The van der Waals surface area contributed by atoms with Crippen LogP contribution in [-0.4, -0.2) is 70.7 Å². The molecule has 8 nitrogen and oxygen atoms in total. The molecule has 2 atom stereocenters. The molecule has 0 spiro atoms. The minimum atomic E-state index is -4.52. The molecule has 0 aromatic carbocycles. The summed E-state index contributed by atoms with van der Waals surface area (Å²) in [7, 11) is 1.35. The first-order chi connectivity index (χ1) is 26.1. The fourth-order valence-electron chi connectivity index (χ4n) is 6.18. The number of unbranched alkanes of at least 4 members (excludes halogenated alkanes) is 24. The Morgan fingerprint density at radius 1 is 0.556 bits per heavy atom. The number of quaternary nitrogens is 1. The normalized spacial score (nSPS) is 14.0. The fourth-order valence-corrected chi connectivity index (χ4v) is 6.91. The number of likely N-dealkylation sites (N-methyl/N-ethyl adjacent to an activating group) is 1. The molecule has 0 aliphatic carbocycles. The van der Waals surface area contributed by atoms with Crippen LogP contribution < -0.4 is 4.89 Å². The van der Waals surface area contributed by atoms with Gasteiger partial charge in [0.05, 0.1) is 34.4 Å². The number of phosphoric acid groups is 1. The topological polar surface area (TPSA) is 94.1 Å². The number of allylic oxidation sites excluding steroid dienone is 4. The lowest BCUT2D eigenvalue weighted by atomic mass is 10.1. The molecule has 0 amide bonds. The predicted octanol–water partition coefficient (Wildman–Crippen LogP) is 12.6. The van der Waals surface area contributed by atoms with Gasteiger partial charge in [0.15, 0.2) is 0 Å². The van der Waals surface area contributed by atoms with Gasteiger partial charge in [-0.1, -0.05) is 154 Å². The first-order valence-corrected chi connectivity index (χ1v) is 24.0. The Balaban J connectivity index is 4.21. The zero-order valence-corrected chi connectivity index (χ0v) is 37.1. The van der Waals surface area contributed by atoms with Gasteiger partial charge in [-0.25, -0.2) is 0 Å². The average Bonchev–Trinajstić information content (AvgIpc) is 3.12. The molecule has 0 aliphatic rings. The summed E-state index contributed by atoms with van der Waals surface area (Å²) < 4.78 is 34.6. The summed E-state index contributed by atoms with van der Waals surface area (Å²) in [6, 6.07) is 0. The van der Waals surface area contributed by atoms with E-state index in [1.165, 1.54) is 135 Å². The van der Waals surface area contributed by atoms with E-state index in [-0.39, 0.29) is 25.8 Å². The standard InChI is InChI=1S/C45H88NO7P/c1-6-8-10-12-14-16-18-20-22-23-24-25-27-29-31-33-35-37-40-50-42-44(43-52-54(48,49)51-41-39-46(3,4)5)53-45(47)38-36-34-32-30-28-26-21-19-17-15-13-11-9-7-2/h19-22,44H,6-18,23-43H2,1-5H3/b21-19-,22-20-. The third-order valence-corrected chi connectivity index (χ3v) is 10.7. The van der Waals surface area contributed by atoms with Crippen molar-refractivity contribution < 1.29 is 37.3 Å². The smallest absolute Gasteiger partial charge is 0.306 e. The Bertz CT molecular complexity index is 920. The maximum Gasteiger partial charge on any atom is 0.306 e. The van der Waals surface area contributed by atoms with Crippen molar-refractivity contribution in [3.8, 4) is 0 Å². The van der Waals surface area contributed by atoms with Gasteiger partial charge in [-0.15, -0.1) is 0 Å². The minimum Gasteiger partial charge on any atom is -0.756 e. The number of rotatable bonds is 42. The third kappa shape index (κ3) is 42.1. The van der Waals surface area contributed by atoms with E-state index in [4.69, 9.17) is 18.5 Å². The average molecular weight is 786 g/mol. The molecule has 54 heavy (non-hydrogen) atoms. The number of esters is 1. The van der Waals surface area contributed by atoms with Gasteiger partial charge in [-0.05, 0) is 64.2 Å². The SMILES string of the molecule is CCCCCCC/C=C\CCCCCCCC(=O)OC(COCCCCCCCCCC/C=C\CCCCCCCC)COP(=O)([O-])OCC[N+](C)(C)C. The van der Waals surface area contributed by atoms with Crippen molar-refractivity contribution in [3.63, 3.8) is 0 Å². The monoisotopic (exact) mass is 786 g/mol. The van der Waals surface area contributed by atoms with Gasteiger partial charge >= 0.3 is 5.97 Å². The summed E-state index contributed by atoms with van der Waals surface area (Å²) in [6.07, 6.45) is 43.3. The van der Waals surface area contributed by atoms with Crippen molar-refractivity contribution in [1.82, 2.24) is 0 Å². The molecule has 0 radical (unpaired) electrons. The molecule has 2 unspecified atom stereocenters.